The van der Waals surface area contributed by atoms with Gasteiger partial charge in [-0.05, 0) is 47.4 Å². The molecule has 1 aliphatic heterocycles. The lowest BCUT2D eigenvalue weighted by Crippen LogP contribution is -2.47. The highest BCUT2D eigenvalue weighted by molar-refractivity contribution is 5.47. The normalized spacial score (nSPS) is 15.3. The number of phenolic OH excluding ortho intramolecular Hbond substituents is 1. The molecule has 0 saturated carbocycles. The first-order chi connectivity index (χ1) is 12.7. The number of ether oxygens (including phenoxy) is 2. The van der Waals surface area contributed by atoms with Gasteiger partial charge < -0.3 is 14.6 Å². The largest absolute Gasteiger partial charge is 0.508 e. The zero-order valence-electron chi connectivity index (χ0n) is 14.8. The molecule has 3 nitrogen and oxygen atoms in total. The topological polar surface area (TPSA) is 38.7 Å². The van der Waals surface area contributed by atoms with E-state index < -0.39 is 0 Å². The van der Waals surface area contributed by atoms with E-state index in [1.54, 1.807) is 6.07 Å². The molecule has 0 spiro atoms. The van der Waals surface area contributed by atoms with Crippen LogP contribution in [0.3, 0.4) is 0 Å². The van der Waals surface area contributed by atoms with Crippen molar-refractivity contribution in [2.24, 2.45) is 0 Å². The van der Waals surface area contributed by atoms with Gasteiger partial charge in [0.2, 0.25) is 0 Å². The molecular weight excluding hydrogens is 324 g/mol. The zero-order valence-corrected chi connectivity index (χ0v) is 14.8. The molecule has 4 rings (SSSR count). The van der Waals surface area contributed by atoms with Gasteiger partial charge in [-0.2, -0.15) is 0 Å². The molecule has 1 N–H and O–H groups in total. The van der Waals surface area contributed by atoms with Crippen molar-refractivity contribution >= 4 is 0 Å². The maximum Gasteiger partial charge on any atom is 0.119 e. The first-order valence-electron chi connectivity index (χ1n) is 8.82. The molecule has 0 unspecified atom stereocenters. The summed E-state index contributed by atoms with van der Waals surface area (Å²) in [5.41, 5.74) is 4.28. The molecule has 132 valence electrons. The quantitative estimate of drug-likeness (QED) is 0.734. The van der Waals surface area contributed by atoms with Crippen molar-refractivity contribution in [2.45, 2.75) is 18.9 Å². The highest BCUT2D eigenvalue weighted by atomic mass is 16.5. The van der Waals surface area contributed by atoms with Crippen LogP contribution in [0.1, 0.15) is 22.3 Å². The lowest BCUT2D eigenvalue weighted by molar-refractivity contribution is -0.0380. The van der Waals surface area contributed by atoms with Crippen LogP contribution in [0.5, 0.6) is 11.5 Å². The van der Waals surface area contributed by atoms with Crippen molar-refractivity contribution in [1.82, 2.24) is 0 Å². The van der Waals surface area contributed by atoms with Crippen molar-refractivity contribution in [3.8, 4) is 11.5 Å². The minimum atomic E-state index is -0.142. The van der Waals surface area contributed by atoms with Gasteiger partial charge in [-0.15, -0.1) is 0 Å². The summed E-state index contributed by atoms with van der Waals surface area (Å²) in [6.45, 7) is 3.79. The molecule has 0 amide bonds. The zero-order chi connectivity index (χ0) is 18.0. The second-order valence-corrected chi connectivity index (χ2v) is 6.87. The first kappa shape index (κ1) is 16.7. The van der Waals surface area contributed by atoms with Crippen LogP contribution < -0.4 is 4.74 Å². The summed E-state index contributed by atoms with van der Waals surface area (Å²) in [6, 6.07) is 24.2. The van der Waals surface area contributed by atoms with Crippen LogP contribution in [0.4, 0.5) is 0 Å². The number of phenols is 1. The Balaban J connectivity index is 1.54. The average Bonchev–Trinajstić information content (AvgIpc) is 2.64. The van der Waals surface area contributed by atoms with E-state index in [0.29, 0.717) is 25.6 Å². The summed E-state index contributed by atoms with van der Waals surface area (Å²) in [5.74, 6) is 1.18. The maximum atomic E-state index is 9.81. The monoisotopic (exact) mass is 346 g/mol. The highest BCUT2D eigenvalue weighted by Gasteiger charge is 2.42. The van der Waals surface area contributed by atoms with Crippen molar-refractivity contribution in [2.75, 3.05) is 13.2 Å². The van der Waals surface area contributed by atoms with Crippen LogP contribution >= 0.6 is 0 Å². The smallest absolute Gasteiger partial charge is 0.119 e. The Kier molecular flexibility index (Phi) is 4.39. The molecule has 0 aliphatic carbocycles. The Hall–Kier alpha value is -2.78. The number of aryl methyl sites for hydroxylation is 1. The van der Waals surface area contributed by atoms with Gasteiger partial charge in [-0.1, -0.05) is 54.6 Å². The van der Waals surface area contributed by atoms with Crippen molar-refractivity contribution < 1.29 is 14.6 Å². The van der Waals surface area contributed by atoms with Gasteiger partial charge in [0.05, 0.1) is 18.6 Å². The summed E-state index contributed by atoms with van der Waals surface area (Å²) in [4.78, 5) is 0. The molecule has 0 bridgehead atoms. The van der Waals surface area contributed by atoms with Gasteiger partial charge in [0.15, 0.2) is 0 Å². The van der Waals surface area contributed by atoms with Gasteiger partial charge in [-0.25, -0.2) is 0 Å². The Bertz CT molecular complexity index is 881. The molecule has 1 aliphatic rings. The molecule has 0 aromatic heterocycles. The number of rotatable bonds is 5. The third kappa shape index (κ3) is 3.06. The van der Waals surface area contributed by atoms with E-state index in [-0.39, 0.29) is 5.41 Å². The van der Waals surface area contributed by atoms with Crippen LogP contribution in [0, 0.1) is 6.92 Å². The summed E-state index contributed by atoms with van der Waals surface area (Å²) < 4.78 is 11.4. The second kappa shape index (κ2) is 6.85. The standard InChI is InChI=1S/C23H22O3/c1-17-13-20(9-12-22(17)24)23(15-25-16-23)19-7-10-21(11-8-19)26-14-18-5-3-2-4-6-18/h2-13,24H,14-16H2,1H3. The second-order valence-electron chi connectivity index (χ2n) is 6.87. The highest BCUT2D eigenvalue weighted by Crippen LogP contribution is 2.40. The van der Waals surface area contributed by atoms with E-state index in [2.05, 4.69) is 30.3 Å². The van der Waals surface area contributed by atoms with Crippen molar-refractivity contribution in [1.29, 1.82) is 0 Å². The molecule has 0 atom stereocenters. The first-order valence-corrected chi connectivity index (χ1v) is 8.82. The summed E-state index contributed by atoms with van der Waals surface area (Å²) >= 11 is 0. The minimum absolute atomic E-state index is 0.142. The van der Waals surface area contributed by atoms with Crippen LogP contribution in [-0.2, 0) is 16.8 Å². The van der Waals surface area contributed by atoms with Crippen molar-refractivity contribution in [3.05, 3.63) is 95.1 Å². The van der Waals surface area contributed by atoms with Crippen LogP contribution in [0.25, 0.3) is 0 Å². The van der Waals surface area contributed by atoms with E-state index >= 15 is 0 Å². The van der Waals surface area contributed by atoms with Crippen LogP contribution in [0.2, 0.25) is 0 Å². The number of benzene rings is 3. The molecule has 1 heterocycles. The predicted octanol–water partition coefficient (Wildman–Crippen LogP) is 4.60. The summed E-state index contributed by atoms with van der Waals surface area (Å²) in [6.07, 6.45) is 0. The molecular formula is C23H22O3. The van der Waals surface area contributed by atoms with Crippen molar-refractivity contribution in [3.63, 3.8) is 0 Å². The maximum absolute atomic E-state index is 9.81. The minimum Gasteiger partial charge on any atom is -0.508 e. The summed E-state index contributed by atoms with van der Waals surface area (Å²) in [5, 5.41) is 9.81. The fourth-order valence-corrected chi connectivity index (χ4v) is 3.37. The van der Waals surface area contributed by atoms with E-state index in [1.165, 1.54) is 11.1 Å². The molecule has 0 radical (unpaired) electrons. The molecule has 3 aromatic rings. The SMILES string of the molecule is Cc1cc(C2(c3ccc(OCc4ccccc4)cc3)COC2)ccc1O. The molecule has 1 fully saturated rings. The van der Waals surface area contributed by atoms with E-state index in [4.69, 9.17) is 9.47 Å². The Morgan fingerprint density at radius 3 is 2.23 bits per heavy atom. The molecule has 26 heavy (non-hydrogen) atoms. The van der Waals surface area contributed by atoms with E-state index in [0.717, 1.165) is 16.9 Å². The van der Waals surface area contributed by atoms with E-state index in [1.807, 2.05) is 43.3 Å². The van der Waals surface area contributed by atoms with Gasteiger partial charge in [-0.3, -0.25) is 0 Å². The Labute approximate surface area is 153 Å². The van der Waals surface area contributed by atoms with E-state index in [9.17, 15) is 5.11 Å². The van der Waals surface area contributed by atoms with Gasteiger partial charge in [0.1, 0.15) is 18.1 Å². The fourth-order valence-electron chi connectivity index (χ4n) is 3.37. The molecule has 3 heteroatoms. The van der Waals surface area contributed by atoms with Crippen LogP contribution in [-0.4, -0.2) is 18.3 Å². The third-order valence-electron chi connectivity index (χ3n) is 5.10. The van der Waals surface area contributed by atoms with Gasteiger partial charge in [0.25, 0.3) is 0 Å². The fraction of sp³-hybridized carbons (Fsp3) is 0.217. The summed E-state index contributed by atoms with van der Waals surface area (Å²) in [7, 11) is 0. The molecule has 3 aromatic carbocycles. The third-order valence-corrected chi connectivity index (χ3v) is 5.10. The number of hydrogen-bond donors (Lipinski definition) is 1. The van der Waals surface area contributed by atoms with Gasteiger partial charge >= 0.3 is 0 Å². The number of aromatic hydroxyl groups is 1. The number of hydrogen-bond acceptors (Lipinski definition) is 3. The Morgan fingerprint density at radius 1 is 0.923 bits per heavy atom. The van der Waals surface area contributed by atoms with Gasteiger partial charge in [0, 0.05) is 0 Å². The lowest BCUT2D eigenvalue weighted by atomic mass is 9.72. The molecule has 1 saturated heterocycles. The average molecular weight is 346 g/mol. The predicted molar refractivity (Wildman–Crippen MR) is 102 cm³/mol. The Morgan fingerprint density at radius 2 is 1.62 bits per heavy atom. The van der Waals surface area contributed by atoms with Crippen LogP contribution in [0.15, 0.2) is 72.8 Å². The lowest BCUT2D eigenvalue weighted by Gasteiger charge is -2.42.